The smallest absolute Gasteiger partial charge is 0.330 e. The van der Waals surface area contributed by atoms with Gasteiger partial charge in [0.25, 0.3) is 0 Å². The molecule has 2 N–H and O–H groups in total. The van der Waals surface area contributed by atoms with Crippen molar-refractivity contribution in [2.24, 2.45) is 5.92 Å². The Labute approximate surface area is 157 Å². The van der Waals surface area contributed by atoms with Gasteiger partial charge in [-0.25, -0.2) is 4.79 Å². The van der Waals surface area contributed by atoms with E-state index in [1.165, 1.54) is 0 Å². The summed E-state index contributed by atoms with van der Waals surface area (Å²) in [6.07, 6.45) is 0.0874. The Balaban J connectivity index is 1.69. The highest BCUT2D eigenvalue weighted by Gasteiger charge is 2.38. The summed E-state index contributed by atoms with van der Waals surface area (Å²) < 4.78 is 0. The molecule has 6 nitrogen and oxygen atoms in total. The lowest BCUT2D eigenvalue weighted by molar-refractivity contribution is -0.142. The Morgan fingerprint density at radius 2 is 1.59 bits per heavy atom. The summed E-state index contributed by atoms with van der Waals surface area (Å²) >= 11 is 0. The summed E-state index contributed by atoms with van der Waals surface area (Å²) in [6, 6.07) is 16.9. The third-order valence-corrected chi connectivity index (χ3v) is 4.95. The van der Waals surface area contributed by atoms with Crippen molar-refractivity contribution in [3.63, 3.8) is 0 Å². The van der Waals surface area contributed by atoms with Gasteiger partial charge in [0.2, 0.25) is 11.8 Å². The number of carboxylic acid groups (broad SMARTS) is 1. The molecule has 0 aliphatic carbocycles. The fourth-order valence-corrected chi connectivity index (χ4v) is 3.39. The van der Waals surface area contributed by atoms with E-state index in [0.717, 1.165) is 5.56 Å². The van der Waals surface area contributed by atoms with Crippen molar-refractivity contribution in [2.75, 3.05) is 6.54 Å². The average molecular weight is 366 g/mol. The maximum atomic E-state index is 12.6. The van der Waals surface area contributed by atoms with Gasteiger partial charge in [0, 0.05) is 13.0 Å². The number of aliphatic carboxylic acids is 1. The van der Waals surface area contributed by atoms with E-state index in [-0.39, 0.29) is 24.9 Å². The number of nitrogens with zero attached hydrogens (tertiary/aromatic N) is 1. The van der Waals surface area contributed by atoms with E-state index in [1.54, 1.807) is 35.2 Å². The van der Waals surface area contributed by atoms with Crippen LogP contribution in [0.2, 0.25) is 0 Å². The first-order valence-corrected chi connectivity index (χ1v) is 8.90. The summed E-state index contributed by atoms with van der Waals surface area (Å²) in [4.78, 5) is 38.3. The van der Waals surface area contributed by atoms with Crippen LogP contribution in [0.4, 0.5) is 0 Å². The number of likely N-dealkylation sites (tertiary alicyclic amines) is 1. The van der Waals surface area contributed by atoms with Crippen molar-refractivity contribution in [1.29, 1.82) is 0 Å². The van der Waals surface area contributed by atoms with E-state index in [0.29, 0.717) is 5.56 Å². The number of hydrogen-bond donors (Lipinski definition) is 2. The molecule has 2 amide bonds. The molecule has 0 radical (unpaired) electrons. The average Bonchev–Trinajstić information content (AvgIpc) is 3.08. The normalized spacial score (nSPS) is 18.8. The molecule has 0 spiro atoms. The molecule has 2 aromatic rings. The highest BCUT2D eigenvalue weighted by molar-refractivity contribution is 5.91. The Hall–Kier alpha value is -3.15. The fraction of sp³-hybridized carbons (Fsp3) is 0.286. The topological polar surface area (TPSA) is 86.7 Å². The molecule has 3 atom stereocenters. The van der Waals surface area contributed by atoms with Gasteiger partial charge in [0.15, 0.2) is 6.04 Å². The van der Waals surface area contributed by atoms with Crippen molar-refractivity contribution >= 4 is 17.8 Å². The molecule has 2 aromatic carbocycles. The second-order valence-electron chi connectivity index (χ2n) is 6.72. The summed E-state index contributed by atoms with van der Waals surface area (Å²) in [5.41, 5.74) is 1.50. The van der Waals surface area contributed by atoms with Crippen molar-refractivity contribution in [3.8, 4) is 0 Å². The lowest BCUT2D eigenvalue weighted by Crippen LogP contribution is -2.39. The maximum absolute atomic E-state index is 12.6. The van der Waals surface area contributed by atoms with Crippen LogP contribution in [-0.4, -0.2) is 34.3 Å². The van der Waals surface area contributed by atoms with Crippen LogP contribution in [0.25, 0.3) is 0 Å². The van der Waals surface area contributed by atoms with E-state index in [4.69, 9.17) is 0 Å². The number of nitrogens with one attached hydrogen (secondary N) is 1. The lowest BCUT2D eigenvalue weighted by atomic mass is 10.0. The van der Waals surface area contributed by atoms with Crippen LogP contribution in [0, 0.1) is 5.92 Å². The van der Waals surface area contributed by atoms with E-state index in [9.17, 15) is 19.5 Å². The van der Waals surface area contributed by atoms with E-state index < -0.39 is 23.8 Å². The van der Waals surface area contributed by atoms with Gasteiger partial charge >= 0.3 is 5.97 Å². The molecule has 27 heavy (non-hydrogen) atoms. The molecule has 6 heteroatoms. The number of amides is 2. The number of carbonyl (C=O) groups excluding carboxylic acids is 2. The van der Waals surface area contributed by atoms with Crippen LogP contribution in [0.3, 0.4) is 0 Å². The van der Waals surface area contributed by atoms with Crippen molar-refractivity contribution in [2.45, 2.75) is 25.4 Å². The predicted molar refractivity (Wildman–Crippen MR) is 99.6 cm³/mol. The molecule has 1 heterocycles. The van der Waals surface area contributed by atoms with Gasteiger partial charge in [-0.05, 0) is 18.1 Å². The third kappa shape index (κ3) is 4.16. The Kier molecular flexibility index (Phi) is 5.54. The molecule has 0 bridgehead atoms. The van der Waals surface area contributed by atoms with Crippen LogP contribution in [0.15, 0.2) is 60.7 Å². The van der Waals surface area contributed by atoms with Crippen LogP contribution in [-0.2, 0) is 14.4 Å². The predicted octanol–water partition coefficient (Wildman–Crippen LogP) is 2.54. The van der Waals surface area contributed by atoms with Gasteiger partial charge in [-0.15, -0.1) is 0 Å². The molecule has 140 valence electrons. The summed E-state index contributed by atoms with van der Waals surface area (Å²) in [5, 5.41) is 12.0. The van der Waals surface area contributed by atoms with Gasteiger partial charge in [-0.1, -0.05) is 60.7 Å². The largest absolute Gasteiger partial charge is 0.479 e. The monoisotopic (exact) mass is 366 g/mol. The number of benzene rings is 2. The molecule has 1 fully saturated rings. The van der Waals surface area contributed by atoms with Crippen LogP contribution in [0.5, 0.6) is 0 Å². The van der Waals surface area contributed by atoms with Crippen LogP contribution in [0.1, 0.15) is 36.6 Å². The highest BCUT2D eigenvalue weighted by atomic mass is 16.4. The zero-order valence-electron chi connectivity index (χ0n) is 15.0. The lowest BCUT2D eigenvalue weighted by Gasteiger charge is -2.25. The first-order chi connectivity index (χ1) is 13.0. The molecule has 1 aliphatic rings. The SMILES string of the molecule is CC(c1ccccc1)N1CC(C(=O)N[C@@H](C(=O)O)c2ccccc2)CC1=O. The Morgan fingerprint density at radius 1 is 1.04 bits per heavy atom. The van der Waals surface area contributed by atoms with Gasteiger partial charge in [-0.3, -0.25) is 9.59 Å². The van der Waals surface area contributed by atoms with Gasteiger partial charge in [0.05, 0.1) is 12.0 Å². The molecule has 0 saturated carbocycles. The van der Waals surface area contributed by atoms with Gasteiger partial charge in [0.1, 0.15) is 0 Å². The number of carbonyl (C=O) groups is 3. The van der Waals surface area contributed by atoms with Crippen molar-refractivity contribution < 1.29 is 19.5 Å². The second-order valence-corrected chi connectivity index (χ2v) is 6.72. The first-order valence-electron chi connectivity index (χ1n) is 8.90. The Morgan fingerprint density at radius 3 is 2.15 bits per heavy atom. The fourth-order valence-electron chi connectivity index (χ4n) is 3.39. The summed E-state index contributed by atoms with van der Waals surface area (Å²) in [5.74, 6) is -2.21. The van der Waals surface area contributed by atoms with Crippen molar-refractivity contribution in [3.05, 3.63) is 71.8 Å². The first kappa shape index (κ1) is 18.6. The van der Waals surface area contributed by atoms with Gasteiger partial charge < -0.3 is 15.3 Å². The summed E-state index contributed by atoms with van der Waals surface area (Å²) in [6.45, 7) is 2.21. The molecule has 1 aliphatic heterocycles. The molecule has 1 saturated heterocycles. The quantitative estimate of drug-likeness (QED) is 0.823. The minimum Gasteiger partial charge on any atom is -0.479 e. The number of hydrogen-bond acceptors (Lipinski definition) is 3. The summed E-state index contributed by atoms with van der Waals surface area (Å²) in [7, 11) is 0. The number of rotatable bonds is 6. The van der Waals surface area contributed by atoms with E-state index >= 15 is 0 Å². The van der Waals surface area contributed by atoms with E-state index in [1.807, 2.05) is 37.3 Å². The Bertz CT molecular complexity index is 823. The van der Waals surface area contributed by atoms with Gasteiger partial charge in [-0.2, -0.15) is 0 Å². The molecule has 0 aromatic heterocycles. The van der Waals surface area contributed by atoms with Crippen molar-refractivity contribution in [1.82, 2.24) is 10.2 Å². The zero-order valence-corrected chi connectivity index (χ0v) is 15.0. The molecular weight excluding hydrogens is 344 g/mol. The standard InChI is InChI=1S/C21H22N2O4/c1-14(15-8-4-2-5-9-15)23-13-17(12-18(23)24)20(25)22-19(21(26)27)16-10-6-3-7-11-16/h2-11,14,17,19H,12-13H2,1H3,(H,22,25)(H,26,27)/t14?,17?,19-/m1/s1. The van der Waals surface area contributed by atoms with Crippen LogP contribution >= 0.6 is 0 Å². The third-order valence-electron chi connectivity index (χ3n) is 4.95. The maximum Gasteiger partial charge on any atom is 0.330 e. The van der Waals surface area contributed by atoms with E-state index in [2.05, 4.69) is 5.32 Å². The minimum absolute atomic E-state index is 0.0874. The minimum atomic E-state index is -1.13. The van der Waals surface area contributed by atoms with Crippen LogP contribution < -0.4 is 5.32 Å². The molecule has 2 unspecified atom stereocenters. The second kappa shape index (κ2) is 8.03. The molecule has 3 rings (SSSR count). The zero-order chi connectivity index (χ0) is 19.4. The highest BCUT2D eigenvalue weighted by Crippen LogP contribution is 2.29. The number of carboxylic acids is 1. The molecular formula is C21H22N2O4.